The van der Waals surface area contributed by atoms with E-state index >= 15 is 0 Å². The van der Waals surface area contributed by atoms with Crippen molar-refractivity contribution in [1.29, 1.82) is 5.41 Å². The van der Waals surface area contributed by atoms with Gasteiger partial charge in [0.15, 0.2) is 0 Å². The molecule has 0 aromatic heterocycles. The number of nitrogens with one attached hydrogen (secondary N) is 2. The predicted molar refractivity (Wildman–Crippen MR) is 75.0 cm³/mol. The molecule has 0 unspecified atom stereocenters. The topological polar surface area (TPSA) is 35.9 Å². The molecule has 0 fully saturated rings. The molecule has 0 heterocycles. The molecule has 1 rings (SSSR count). The highest BCUT2D eigenvalue weighted by Crippen LogP contribution is 2.09. The van der Waals surface area contributed by atoms with Crippen molar-refractivity contribution in [2.45, 2.75) is 39.0 Å². The lowest BCUT2D eigenvalue weighted by Crippen LogP contribution is -2.15. The Bertz CT molecular complexity index is 303. The lowest BCUT2D eigenvalue weighted by atomic mass is 10.0. The second-order valence-electron chi connectivity index (χ2n) is 4.37. The van der Waals surface area contributed by atoms with Gasteiger partial charge in [0.25, 0.3) is 0 Å². The van der Waals surface area contributed by atoms with E-state index in [0.29, 0.717) is 0 Å². The summed E-state index contributed by atoms with van der Waals surface area (Å²) in [5.74, 6) is 0. The minimum Gasteiger partial charge on any atom is -0.317 e. The standard InChI is InChI=1S/C15H24N2/c1-2-17-13-11-15-9-7-14(8-10-15)6-4-3-5-12-16/h7-10,12,16-17H,2-6,11,13H2,1H3. The van der Waals surface area contributed by atoms with Crippen molar-refractivity contribution in [2.75, 3.05) is 13.1 Å². The van der Waals surface area contributed by atoms with Gasteiger partial charge < -0.3 is 10.7 Å². The molecule has 0 aliphatic rings. The first-order chi connectivity index (χ1) is 8.36. The van der Waals surface area contributed by atoms with E-state index in [-0.39, 0.29) is 0 Å². The van der Waals surface area contributed by atoms with E-state index in [0.717, 1.165) is 38.8 Å². The monoisotopic (exact) mass is 232 g/mol. The molecule has 0 radical (unpaired) electrons. The fourth-order valence-electron chi connectivity index (χ4n) is 1.86. The highest BCUT2D eigenvalue weighted by molar-refractivity contribution is 5.52. The van der Waals surface area contributed by atoms with Crippen molar-refractivity contribution in [2.24, 2.45) is 0 Å². The summed E-state index contributed by atoms with van der Waals surface area (Å²) in [5.41, 5.74) is 2.83. The number of rotatable bonds is 9. The van der Waals surface area contributed by atoms with E-state index in [1.807, 2.05) is 0 Å². The third-order valence-electron chi connectivity index (χ3n) is 2.93. The van der Waals surface area contributed by atoms with E-state index in [4.69, 9.17) is 5.41 Å². The number of hydrogen-bond acceptors (Lipinski definition) is 2. The van der Waals surface area contributed by atoms with Crippen LogP contribution in [0.2, 0.25) is 0 Å². The Labute approximate surface area is 105 Å². The molecule has 0 amide bonds. The van der Waals surface area contributed by atoms with Crippen LogP contribution in [0.15, 0.2) is 24.3 Å². The van der Waals surface area contributed by atoms with Crippen LogP contribution in [-0.4, -0.2) is 19.3 Å². The average Bonchev–Trinajstić information content (AvgIpc) is 2.37. The predicted octanol–water partition coefficient (Wildman–Crippen LogP) is 3.20. The molecular formula is C15H24N2. The van der Waals surface area contributed by atoms with Crippen LogP contribution in [0.1, 0.15) is 37.3 Å². The van der Waals surface area contributed by atoms with Crippen LogP contribution in [0.25, 0.3) is 0 Å². The van der Waals surface area contributed by atoms with Crippen LogP contribution in [0, 0.1) is 5.41 Å². The largest absolute Gasteiger partial charge is 0.317 e. The summed E-state index contributed by atoms with van der Waals surface area (Å²) in [6, 6.07) is 8.96. The number of aryl methyl sites for hydroxylation is 1. The summed E-state index contributed by atoms with van der Waals surface area (Å²) >= 11 is 0. The molecule has 0 spiro atoms. The molecule has 0 saturated heterocycles. The van der Waals surface area contributed by atoms with E-state index in [2.05, 4.69) is 36.5 Å². The van der Waals surface area contributed by atoms with E-state index in [1.54, 1.807) is 0 Å². The first kappa shape index (κ1) is 13.9. The Hall–Kier alpha value is -1.15. The molecule has 1 aromatic carbocycles. The lowest BCUT2D eigenvalue weighted by molar-refractivity contribution is 0.716. The first-order valence-electron chi connectivity index (χ1n) is 6.64. The minimum absolute atomic E-state index is 0.917. The maximum Gasteiger partial charge on any atom is -0.000847 e. The SMILES string of the molecule is CCNCCc1ccc(CCCCC=N)cc1. The van der Waals surface area contributed by atoms with Gasteiger partial charge in [0.05, 0.1) is 0 Å². The molecule has 2 N–H and O–H groups in total. The van der Waals surface area contributed by atoms with Crippen molar-refractivity contribution >= 4 is 6.21 Å². The Balaban J connectivity index is 2.26. The zero-order valence-electron chi connectivity index (χ0n) is 10.8. The summed E-state index contributed by atoms with van der Waals surface area (Å²) in [6.45, 7) is 4.25. The minimum atomic E-state index is 0.917. The quantitative estimate of drug-likeness (QED) is 0.498. The highest BCUT2D eigenvalue weighted by Gasteiger charge is 1.95. The number of unbranched alkanes of at least 4 members (excludes halogenated alkanes) is 2. The van der Waals surface area contributed by atoms with Gasteiger partial charge in [-0.05, 0) is 62.5 Å². The van der Waals surface area contributed by atoms with E-state index in [9.17, 15) is 0 Å². The Morgan fingerprint density at radius 3 is 2.29 bits per heavy atom. The highest BCUT2D eigenvalue weighted by atomic mass is 14.8. The third-order valence-corrected chi connectivity index (χ3v) is 2.93. The van der Waals surface area contributed by atoms with E-state index in [1.165, 1.54) is 23.8 Å². The molecule has 2 nitrogen and oxygen atoms in total. The van der Waals surface area contributed by atoms with Gasteiger partial charge >= 0.3 is 0 Å². The molecule has 17 heavy (non-hydrogen) atoms. The summed E-state index contributed by atoms with van der Waals surface area (Å²) in [5, 5.41) is 10.3. The Morgan fingerprint density at radius 2 is 1.71 bits per heavy atom. The van der Waals surface area contributed by atoms with Crippen molar-refractivity contribution in [3.8, 4) is 0 Å². The molecule has 0 saturated carbocycles. The average molecular weight is 232 g/mol. The number of benzene rings is 1. The second-order valence-corrected chi connectivity index (χ2v) is 4.37. The van der Waals surface area contributed by atoms with Gasteiger partial charge in [0.1, 0.15) is 0 Å². The van der Waals surface area contributed by atoms with Crippen LogP contribution >= 0.6 is 0 Å². The Morgan fingerprint density at radius 1 is 1.06 bits per heavy atom. The smallest absolute Gasteiger partial charge is 0.000847 e. The van der Waals surface area contributed by atoms with Crippen molar-refractivity contribution in [3.05, 3.63) is 35.4 Å². The fourth-order valence-corrected chi connectivity index (χ4v) is 1.86. The summed E-state index contributed by atoms with van der Waals surface area (Å²) < 4.78 is 0. The summed E-state index contributed by atoms with van der Waals surface area (Å²) in [7, 11) is 0. The van der Waals surface area contributed by atoms with Gasteiger partial charge in [-0.15, -0.1) is 0 Å². The normalized spacial score (nSPS) is 10.4. The molecule has 0 aliphatic heterocycles. The van der Waals surface area contributed by atoms with Crippen LogP contribution < -0.4 is 5.32 Å². The van der Waals surface area contributed by atoms with Crippen LogP contribution in [0.4, 0.5) is 0 Å². The summed E-state index contributed by atoms with van der Waals surface area (Å²) in [4.78, 5) is 0. The zero-order chi connectivity index (χ0) is 12.3. The van der Waals surface area contributed by atoms with Gasteiger partial charge in [0.2, 0.25) is 0 Å². The van der Waals surface area contributed by atoms with Crippen molar-refractivity contribution in [3.63, 3.8) is 0 Å². The molecule has 94 valence electrons. The van der Waals surface area contributed by atoms with Gasteiger partial charge in [-0.25, -0.2) is 0 Å². The first-order valence-corrected chi connectivity index (χ1v) is 6.64. The molecule has 1 aromatic rings. The van der Waals surface area contributed by atoms with Crippen LogP contribution in [-0.2, 0) is 12.8 Å². The zero-order valence-corrected chi connectivity index (χ0v) is 10.8. The second kappa shape index (κ2) is 8.94. The van der Waals surface area contributed by atoms with Crippen LogP contribution in [0.5, 0.6) is 0 Å². The van der Waals surface area contributed by atoms with Gasteiger partial charge in [-0.2, -0.15) is 0 Å². The third kappa shape index (κ3) is 6.22. The molecule has 0 atom stereocenters. The number of likely N-dealkylation sites (N-methyl/N-ethyl adjacent to an activating group) is 1. The van der Waals surface area contributed by atoms with Crippen molar-refractivity contribution in [1.82, 2.24) is 5.32 Å². The van der Waals surface area contributed by atoms with Gasteiger partial charge in [-0.3, -0.25) is 0 Å². The molecular weight excluding hydrogens is 208 g/mol. The molecule has 0 aliphatic carbocycles. The maximum absolute atomic E-state index is 6.96. The van der Waals surface area contributed by atoms with Gasteiger partial charge in [-0.1, -0.05) is 31.2 Å². The Kier molecular flexibility index (Phi) is 7.32. The van der Waals surface area contributed by atoms with E-state index < -0.39 is 0 Å². The number of hydrogen-bond donors (Lipinski definition) is 2. The maximum atomic E-state index is 6.96. The van der Waals surface area contributed by atoms with Crippen LogP contribution in [0.3, 0.4) is 0 Å². The fraction of sp³-hybridized carbons (Fsp3) is 0.533. The molecule has 0 bridgehead atoms. The lowest BCUT2D eigenvalue weighted by Gasteiger charge is -2.04. The van der Waals surface area contributed by atoms with Crippen molar-refractivity contribution < 1.29 is 0 Å². The van der Waals surface area contributed by atoms with Gasteiger partial charge in [0, 0.05) is 0 Å². The summed E-state index contributed by atoms with van der Waals surface area (Å²) in [6.07, 6.45) is 6.99. The molecule has 2 heteroatoms.